The van der Waals surface area contributed by atoms with Crippen LogP contribution in [0.15, 0.2) is 75.3 Å². The number of carbonyl (C=O) groups is 1. The van der Waals surface area contributed by atoms with Gasteiger partial charge in [0.1, 0.15) is 17.3 Å². The van der Waals surface area contributed by atoms with E-state index in [0.29, 0.717) is 29.5 Å². The number of amides is 1. The van der Waals surface area contributed by atoms with Crippen LogP contribution in [0.5, 0.6) is 0 Å². The summed E-state index contributed by atoms with van der Waals surface area (Å²) in [6.45, 7) is 5.44. The van der Waals surface area contributed by atoms with E-state index in [9.17, 15) is 4.79 Å². The van der Waals surface area contributed by atoms with E-state index in [4.69, 9.17) is 14.1 Å². The molecule has 1 aliphatic heterocycles. The second-order valence-electron chi connectivity index (χ2n) is 8.14. The lowest BCUT2D eigenvalue weighted by Crippen LogP contribution is -2.38. The van der Waals surface area contributed by atoms with Crippen LogP contribution in [-0.4, -0.2) is 28.6 Å². The van der Waals surface area contributed by atoms with Crippen molar-refractivity contribution in [1.82, 2.24) is 10.3 Å². The third-order valence-corrected chi connectivity index (χ3v) is 4.55. The maximum atomic E-state index is 12.6. The average Bonchev–Trinajstić information content (AvgIpc) is 3.43. The van der Waals surface area contributed by atoms with E-state index < -0.39 is 17.7 Å². The molecule has 7 heteroatoms. The van der Waals surface area contributed by atoms with Crippen LogP contribution in [0, 0.1) is 0 Å². The molecule has 0 saturated heterocycles. The second-order valence-corrected chi connectivity index (χ2v) is 8.14. The van der Waals surface area contributed by atoms with Crippen LogP contribution in [0.4, 0.5) is 4.79 Å². The number of nitrogens with one attached hydrogen (secondary N) is 1. The summed E-state index contributed by atoms with van der Waals surface area (Å²) in [5.74, 6) is 0.949. The number of nitrogens with zero attached hydrogens (tertiary/aromatic N) is 3. The van der Waals surface area contributed by atoms with Crippen molar-refractivity contribution in [1.29, 1.82) is 0 Å². The summed E-state index contributed by atoms with van der Waals surface area (Å²) < 4.78 is 11.7. The van der Waals surface area contributed by atoms with Crippen LogP contribution in [0.25, 0.3) is 22.7 Å². The highest BCUT2D eigenvalue weighted by atomic mass is 16.6. The number of alkyl carbamates (subject to hydrolysis) is 1. The van der Waals surface area contributed by atoms with Gasteiger partial charge in [-0.1, -0.05) is 48.5 Å². The summed E-state index contributed by atoms with van der Waals surface area (Å²) >= 11 is 0. The minimum absolute atomic E-state index is 0.463. The third kappa shape index (κ3) is 4.88. The Morgan fingerprint density at radius 3 is 2.26 bits per heavy atom. The lowest BCUT2D eigenvalue weighted by Gasteiger charge is -2.23. The first kappa shape index (κ1) is 20.5. The molecule has 0 fully saturated rings. The van der Waals surface area contributed by atoms with Gasteiger partial charge in [-0.05, 0) is 32.9 Å². The smallest absolute Gasteiger partial charge is 0.408 e. The van der Waals surface area contributed by atoms with Crippen molar-refractivity contribution in [2.45, 2.75) is 38.8 Å². The highest BCUT2D eigenvalue weighted by molar-refractivity contribution is 6.03. The Bertz CT molecular complexity index is 1110. The van der Waals surface area contributed by atoms with Gasteiger partial charge in [0, 0.05) is 23.8 Å². The van der Waals surface area contributed by atoms with Gasteiger partial charge in [0.2, 0.25) is 5.89 Å². The summed E-state index contributed by atoms with van der Waals surface area (Å²) in [7, 11) is 0. The Labute approximate surface area is 180 Å². The molecule has 31 heavy (non-hydrogen) atoms. The van der Waals surface area contributed by atoms with E-state index >= 15 is 0 Å². The van der Waals surface area contributed by atoms with Gasteiger partial charge >= 0.3 is 6.09 Å². The molecule has 158 valence electrons. The van der Waals surface area contributed by atoms with Crippen molar-refractivity contribution in [2.75, 3.05) is 0 Å². The van der Waals surface area contributed by atoms with Gasteiger partial charge < -0.3 is 14.5 Å². The minimum Gasteiger partial charge on any atom is -0.444 e. The molecule has 0 radical (unpaired) electrons. The number of rotatable bonds is 5. The molecular weight excluding hydrogens is 392 g/mol. The predicted octanol–water partition coefficient (Wildman–Crippen LogP) is 5.40. The molecule has 0 saturated carbocycles. The molecule has 7 nitrogen and oxygen atoms in total. The number of carbonyl (C=O) groups excluding carboxylic acids is 1. The largest absolute Gasteiger partial charge is 0.444 e. The van der Waals surface area contributed by atoms with E-state index in [1.807, 2.05) is 81.4 Å². The van der Waals surface area contributed by atoms with Gasteiger partial charge in [-0.25, -0.2) is 9.78 Å². The normalized spacial score (nSPS) is 14.2. The molecule has 1 aromatic heterocycles. The average molecular weight is 416 g/mol. The Hall–Kier alpha value is -3.74. The molecule has 1 unspecified atom stereocenters. The van der Waals surface area contributed by atoms with Crippen LogP contribution >= 0.6 is 0 Å². The quantitative estimate of drug-likeness (QED) is 0.603. The van der Waals surface area contributed by atoms with Gasteiger partial charge in [-0.2, -0.15) is 10.2 Å². The number of aromatic nitrogens is 1. The van der Waals surface area contributed by atoms with E-state index in [-0.39, 0.29) is 0 Å². The summed E-state index contributed by atoms with van der Waals surface area (Å²) in [4.78, 5) is 17.4. The maximum absolute atomic E-state index is 12.6. The number of ether oxygens (including phenoxy) is 1. The molecule has 1 atom stereocenters. The Kier molecular flexibility index (Phi) is 5.66. The molecule has 0 spiro atoms. The van der Waals surface area contributed by atoms with Crippen LogP contribution in [0.3, 0.4) is 0 Å². The molecule has 2 heterocycles. The summed E-state index contributed by atoms with van der Waals surface area (Å²) in [5, 5.41) is 11.1. The van der Waals surface area contributed by atoms with Crippen molar-refractivity contribution >= 4 is 18.0 Å². The zero-order valence-electron chi connectivity index (χ0n) is 17.7. The Morgan fingerprint density at radius 2 is 1.68 bits per heavy atom. The zero-order chi connectivity index (χ0) is 21.8. The minimum atomic E-state index is -0.669. The van der Waals surface area contributed by atoms with Gasteiger partial charge in [0.25, 0.3) is 0 Å². The molecular formula is C24H24N4O3. The number of hydrogen-bond acceptors (Lipinski definition) is 6. The fraction of sp³-hybridized carbons (Fsp3) is 0.250. The Balaban J connectivity index is 1.79. The molecule has 2 aromatic carbocycles. The first-order chi connectivity index (χ1) is 14.9. The van der Waals surface area contributed by atoms with Crippen molar-refractivity contribution in [3.05, 3.63) is 66.4 Å². The topological polar surface area (TPSA) is 89.1 Å². The summed E-state index contributed by atoms with van der Waals surface area (Å²) in [6, 6.07) is 18.7. The van der Waals surface area contributed by atoms with Gasteiger partial charge in [-0.15, -0.1) is 0 Å². The molecule has 3 aromatic rings. The van der Waals surface area contributed by atoms with Crippen molar-refractivity contribution in [3.63, 3.8) is 0 Å². The van der Waals surface area contributed by atoms with Crippen LogP contribution in [-0.2, 0) is 4.74 Å². The highest BCUT2D eigenvalue weighted by Crippen LogP contribution is 2.34. The first-order valence-corrected chi connectivity index (χ1v) is 10.1. The zero-order valence-corrected chi connectivity index (χ0v) is 17.7. The van der Waals surface area contributed by atoms with Gasteiger partial charge in [0.15, 0.2) is 5.76 Å². The summed E-state index contributed by atoms with van der Waals surface area (Å²) in [5.41, 5.74) is 2.36. The van der Waals surface area contributed by atoms with Crippen LogP contribution < -0.4 is 5.32 Å². The molecule has 0 bridgehead atoms. The fourth-order valence-corrected chi connectivity index (χ4v) is 3.23. The molecule has 4 rings (SSSR count). The highest BCUT2D eigenvalue weighted by Gasteiger charge is 2.32. The number of hydrogen-bond donors (Lipinski definition) is 1. The fourth-order valence-electron chi connectivity index (χ4n) is 3.23. The van der Waals surface area contributed by atoms with Crippen molar-refractivity contribution in [3.8, 4) is 22.7 Å². The first-order valence-electron chi connectivity index (χ1n) is 10.1. The lowest BCUT2D eigenvalue weighted by molar-refractivity contribution is 0.0513. The van der Waals surface area contributed by atoms with E-state index in [0.717, 1.165) is 11.1 Å². The third-order valence-electron chi connectivity index (χ3n) is 4.55. The van der Waals surface area contributed by atoms with Crippen molar-refractivity contribution in [2.24, 2.45) is 10.2 Å². The summed E-state index contributed by atoms with van der Waals surface area (Å²) in [6.07, 6.45) is 1.62. The van der Waals surface area contributed by atoms with Crippen molar-refractivity contribution < 1.29 is 13.9 Å². The molecule has 1 N–H and O–H groups in total. The lowest BCUT2D eigenvalue weighted by atomic mass is 10.0. The van der Waals surface area contributed by atoms with Crippen LogP contribution in [0.2, 0.25) is 0 Å². The monoisotopic (exact) mass is 416 g/mol. The molecule has 0 aliphatic carbocycles. The number of benzene rings is 2. The van der Waals surface area contributed by atoms with E-state index in [1.54, 1.807) is 6.21 Å². The maximum Gasteiger partial charge on any atom is 0.408 e. The predicted molar refractivity (Wildman–Crippen MR) is 120 cm³/mol. The van der Waals surface area contributed by atoms with Gasteiger partial charge in [0.05, 0.1) is 5.71 Å². The van der Waals surface area contributed by atoms with Crippen LogP contribution in [0.1, 0.15) is 39.0 Å². The molecule has 1 aliphatic rings. The Morgan fingerprint density at radius 1 is 1.03 bits per heavy atom. The van der Waals surface area contributed by atoms with Gasteiger partial charge in [-0.3, -0.25) is 0 Å². The molecule has 1 amide bonds. The van der Waals surface area contributed by atoms with E-state index in [2.05, 4.69) is 15.5 Å². The van der Waals surface area contributed by atoms with E-state index in [1.165, 1.54) is 0 Å². The SMILES string of the molecule is CC(C)(C)OC(=O)NC(C1=NN=CC1)c1oc(-c2ccccc2)nc1-c1ccccc1. The standard InChI is InChI=1S/C24H24N4O3/c1-24(2,3)31-23(29)27-20(18-14-15-25-28-18)21-19(16-10-6-4-7-11-16)26-22(30-21)17-12-8-5-9-13-17/h4-13,15,20H,14H2,1-3H3,(H,27,29). The second kappa shape index (κ2) is 8.55. The number of oxazole rings is 1.